The number of likely N-dealkylation sites (N-methyl/N-ethyl adjacent to an activating group) is 1. The number of fused-ring (bicyclic) bond motifs is 1. The van der Waals surface area contributed by atoms with Crippen molar-refractivity contribution in [2.24, 2.45) is 0 Å². The molecule has 1 amide bonds. The summed E-state index contributed by atoms with van der Waals surface area (Å²) < 4.78 is 7.25. The minimum atomic E-state index is 0.185. The Morgan fingerprint density at radius 2 is 2.16 bits per heavy atom. The smallest absolute Gasteiger partial charge is 0.222 e. The highest BCUT2D eigenvalue weighted by atomic mass is 16.5. The van der Waals surface area contributed by atoms with E-state index in [2.05, 4.69) is 16.5 Å². The molecular weight excluding hydrogens is 240 g/mol. The molecule has 2 rings (SSSR count). The predicted molar refractivity (Wildman–Crippen MR) is 75.6 cm³/mol. The van der Waals surface area contributed by atoms with Crippen molar-refractivity contribution in [3.05, 3.63) is 36.2 Å². The summed E-state index contributed by atoms with van der Waals surface area (Å²) >= 11 is 0. The van der Waals surface area contributed by atoms with Crippen molar-refractivity contribution in [1.82, 2.24) is 9.30 Å². The molecule has 4 heteroatoms. The Hall–Kier alpha value is -1.97. The van der Waals surface area contributed by atoms with E-state index in [9.17, 15) is 4.79 Å². The number of methoxy groups -OCH3 is 1. The lowest BCUT2D eigenvalue weighted by Crippen LogP contribution is -2.27. The second kappa shape index (κ2) is 5.78. The zero-order valence-electron chi connectivity index (χ0n) is 11.7. The second-order valence-corrected chi connectivity index (χ2v) is 4.62. The van der Waals surface area contributed by atoms with Gasteiger partial charge in [0.1, 0.15) is 5.75 Å². The maximum Gasteiger partial charge on any atom is 0.222 e. The van der Waals surface area contributed by atoms with Gasteiger partial charge in [-0.25, -0.2) is 0 Å². The molecule has 0 aliphatic carbocycles. The molecule has 0 bridgehead atoms. The number of pyridine rings is 1. The van der Waals surface area contributed by atoms with E-state index in [4.69, 9.17) is 4.74 Å². The molecule has 0 saturated heterocycles. The van der Waals surface area contributed by atoms with Crippen molar-refractivity contribution in [3.63, 3.8) is 0 Å². The summed E-state index contributed by atoms with van der Waals surface area (Å²) in [6.45, 7) is 2.64. The topological polar surface area (TPSA) is 34.0 Å². The highest BCUT2D eigenvalue weighted by molar-refractivity contribution is 5.75. The molecule has 19 heavy (non-hydrogen) atoms. The quantitative estimate of drug-likeness (QED) is 0.827. The largest absolute Gasteiger partial charge is 0.495 e. The first-order valence-corrected chi connectivity index (χ1v) is 6.53. The minimum absolute atomic E-state index is 0.185. The minimum Gasteiger partial charge on any atom is -0.495 e. The van der Waals surface area contributed by atoms with Crippen LogP contribution in [0.25, 0.3) is 5.52 Å². The highest BCUT2D eigenvalue weighted by Crippen LogP contribution is 2.18. The number of hydrogen-bond acceptors (Lipinski definition) is 2. The van der Waals surface area contributed by atoms with E-state index in [1.807, 2.05) is 32.4 Å². The highest BCUT2D eigenvalue weighted by Gasteiger charge is 2.08. The monoisotopic (exact) mass is 260 g/mol. The van der Waals surface area contributed by atoms with Crippen LogP contribution in [0.2, 0.25) is 0 Å². The fraction of sp³-hybridized carbons (Fsp3) is 0.400. The SMILES string of the molecule is CCC(=O)N(C)CCc1ccn2cc(OC)ccc12. The van der Waals surface area contributed by atoms with Crippen LogP contribution in [-0.4, -0.2) is 35.9 Å². The van der Waals surface area contributed by atoms with Crippen LogP contribution < -0.4 is 4.74 Å². The standard InChI is InChI=1S/C15H20N2O2/c1-4-15(18)16(2)9-7-12-8-10-17-11-13(19-3)5-6-14(12)17/h5-6,8,10-11H,4,7,9H2,1-3H3. The first-order valence-electron chi connectivity index (χ1n) is 6.53. The first kappa shape index (κ1) is 13.5. The fourth-order valence-corrected chi connectivity index (χ4v) is 2.16. The van der Waals surface area contributed by atoms with E-state index in [1.165, 1.54) is 5.56 Å². The Labute approximate surface area is 113 Å². The lowest BCUT2D eigenvalue weighted by atomic mass is 10.2. The summed E-state index contributed by atoms with van der Waals surface area (Å²) in [5.74, 6) is 1.03. The van der Waals surface area contributed by atoms with Gasteiger partial charge in [-0.3, -0.25) is 4.79 Å². The third-order valence-corrected chi connectivity index (χ3v) is 3.40. The number of carbonyl (C=O) groups excluding carboxylic acids is 1. The third-order valence-electron chi connectivity index (χ3n) is 3.40. The van der Waals surface area contributed by atoms with Gasteiger partial charge in [0.2, 0.25) is 5.91 Å². The summed E-state index contributed by atoms with van der Waals surface area (Å²) in [4.78, 5) is 13.3. The Balaban J connectivity index is 2.11. The average Bonchev–Trinajstić information content (AvgIpc) is 2.85. The lowest BCUT2D eigenvalue weighted by molar-refractivity contribution is -0.129. The number of aromatic nitrogens is 1. The predicted octanol–water partition coefficient (Wildman–Crippen LogP) is 2.36. The molecule has 0 spiro atoms. The van der Waals surface area contributed by atoms with Crippen molar-refractivity contribution in [2.75, 3.05) is 20.7 Å². The van der Waals surface area contributed by atoms with Crippen LogP contribution >= 0.6 is 0 Å². The first-order chi connectivity index (χ1) is 9.15. The van der Waals surface area contributed by atoms with Gasteiger partial charge in [-0.15, -0.1) is 0 Å². The second-order valence-electron chi connectivity index (χ2n) is 4.62. The van der Waals surface area contributed by atoms with Gasteiger partial charge < -0.3 is 14.0 Å². The van der Waals surface area contributed by atoms with Crippen LogP contribution in [0.5, 0.6) is 5.75 Å². The van der Waals surface area contributed by atoms with Crippen LogP contribution in [0, 0.1) is 0 Å². The number of carbonyl (C=O) groups is 1. The Morgan fingerprint density at radius 1 is 1.37 bits per heavy atom. The van der Waals surface area contributed by atoms with Gasteiger partial charge in [-0.05, 0) is 30.2 Å². The molecule has 102 valence electrons. The van der Waals surface area contributed by atoms with Crippen LogP contribution in [-0.2, 0) is 11.2 Å². The van der Waals surface area contributed by atoms with Crippen molar-refractivity contribution in [1.29, 1.82) is 0 Å². The molecule has 0 radical (unpaired) electrons. The molecule has 0 aliphatic rings. The molecule has 0 N–H and O–H groups in total. The number of ether oxygens (including phenoxy) is 1. The number of rotatable bonds is 5. The summed E-state index contributed by atoms with van der Waals surface area (Å²) in [6.07, 6.45) is 5.41. The molecule has 2 heterocycles. The molecule has 0 fully saturated rings. The Morgan fingerprint density at radius 3 is 2.84 bits per heavy atom. The molecule has 0 atom stereocenters. The summed E-state index contributed by atoms with van der Waals surface area (Å²) in [5.41, 5.74) is 2.41. The van der Waals surface area contributed by atoms with Gasteiger partial charge in [-0.2, -0.15) is 0 Å². The molecule has 2 aromatic heterocycles. The summed E-state index contributed by atoms with van der Waals surface area (Å²) in [6, 6.07) is 6.11. The van der Waals surface area contributed by atoms with Crippen molar-refractivity contribution in [3.8, 4) is 5.75 Å². The molecular formula is C15H20N2O2. The van der Waals surface area contributed by atoms with Gasteiger partial charge in [0.15, 0.2) is 0 Å². The lowest BCUT2D eigenvalue weighted by Gasteiger charge is -2.15. The van der Waals surface area contributed by atoms with E-state index in [0.29, 0.717) is 6.42 Å². The van der Waals surface area contributed by atoms with E-state index in [0.717, 1.165) is 24.2 Å². The Bertz CT molecular complexity index is 575. The maximum absolute atomic E-state index is 11.5. The van der Waals surface area contributed by atoms with Gasteiger partial charge in [-0.1, -0.05) is 6.92 Å². The zero-order chi connectivity index (χ0) is 13.8. The summed E-state index contributed by atoms with van der Waals surface area (Å²) in [5, 5.41) is 0. The zero-order valence-corrected chi connectivity index (χ0v) is 11.7. The number of hydrogen-bond donors (Lipinski definition) is 0. The molecule has 0 saturated carbocycles. The van der Waals surface area contributed by atoms with E-state index >= 15 is 0 Å². The Kier molecular flexibility index (Phi) is 4.10. The fourth-order valence-electron chi connectivity index (χ4n) is 2.16. The van der Waals surface area contributed by atoms with Crippen molar-refractivity contribution in [2.45, 2.75) is 19.8 Å². The van der Waals surface area contributed by atoms with Gasteiger partial charge >= 0.3 is 0 Å². The van der Waals surface area contributed by atoms with E-state index < -0.39 is 0 Å². The molecule has 0 aliphatic heterocycles. The number of amides is 1. The van der Waals surface area contributed by atoms with Crippen molar-refractivity contribution >= 4 is 11.4 Å². The van der Waals surface area contributed by atoms with E-state index in [1.54, 1.807) is 12.0 Å². The van der Waals surface area contributed by atoms with Gasteiger partial charge in [0.25, 0.3) is 0 Å². The van der Waals surface area contributed by atoms with Crippen LogP contribution in [0.1, 0.15) is 18.9 Å². The van der Waals surface area contributed by atoms with E-state index in [-0.39, 0.29) is 5.91 Å². The maximum atomic E-state index is 11.5. The molecule has 0 aromatic carbocycles. The number of nitrogens with zero attached hydrogens (tertiary/aromatic N) is 2. The summed E-state index contributed by atoms with van der Waals surface area (Å²) in [7, 11) is 3.52. The van der Waals surface area contributed by atoms with Gasteiger partial charge in [0, 0.05) is 31.7 Å². The average molecular weight is 260 g/mol. The third kappa shape index (κ3) is 2.89. The van der Waals surface area contributed by atoms with Crippen molar-refractivity contribution < 1.29 is 9.53 Å². The van der Waals surface area contributed by atoms with Crippen LogP contribution in [0.15, 0.2) is 30.6 Å². The van der Waals surface area contributed by atoms with Gasteiger partial charge in [0.05, 0.1) is 13.3 Å². The normalized spacial score (nSPS) is 10.7. The molecule has 0 unspecified atom stereocenters. The molecule has 2 aromatic rings. The molecule has 4 nitrogen and oxygen atoms in total. The van der Waals surface area contributed by atoms with Crippen LogP contribution in [0.3, 0.4) is 0 Å². The van der Waals surface area contributed by atoms with Crippen LogP contribution in [0.4, 0.5) is 0 Å².